The number of methoxy groups -OCH3 is 1. The second-order valence-corrected chi connectivity index (χ2v) is 5.26. The van der Waals surface area contributed by atoms with Crippen LogP contribution in [0, 0.1) is 5.41 Å². The summed E-state index contributed by atoms with van der Waals surface area (Å²) in [7, 11) is 1.53. The lowest BCUT2D eigenvalue weighted by Crippen LogP contribution is -2.36. The number of aliphatic hydroxyl groups excluding tert-OH is 1. The Labute approximate surface area is 114 Å². The molecule has 0 aliphatic heterocycles. The molecular weight excluding hydrogens is 254 g/mol. The fourth-order valence-electron chi connectivity index (χ4n) is 1.64. The fraction of sp³-hybridized carbons (Fsp3) is 0.538. The van der Waals surface area contributed by atoms with Crippen molar-refractivity contribution in [1.82, 2.24) is 0 Å². The predicted molar refractivity (Wildman–Crippen MR) is 74.3 cm³/mol. The van der Waals surface area contributed by atoms with Crippen molar-refractivity contribution in [1.29, 1.82) is 0 Å². The zero-order valence-corrected chi connectivity index (χ0v) is 12.0. The second kappa shape index (κ2) is 6.27. The number of aromatic hydroxyl groups is 1. The monoisotopic (exact) mass is 275 g/mol. The van der Waals surface area contributed by atoms with Crippen LogP contribution >= 0.6 is 12.4 Å². The summed E-state index contributed by atoms with van der Waals surface area (Å²) in [5.74, 6) is 0.601. The highest BCUT2D eigenvalue weighted by molar-refractivity contribution is 5.85. The maximum atomic E-state index is 10.1. The van der Waals surface area contributed by atoms with Crippen molar-refractivity contribution in [2.45, 2.75) is 32.9 Å². The number of phenolic OH excluding ortho intramolecular Hbond substituents is 1. The van der Waals surface area contributed by atoms with Crippen LogP contribution in [0.2, 0.25) is 0 Å². The van der Waals surface area contributed by atoms with Gasteiger partial charge in [0.2, 0.25) is 0 Å². The van der Waals surface area contributed by atoms with Crippen LogP contribution in [-0.2, 0) is 0 Å². The molecule has 104 valence electrons. The maximum absolute atomic E-state index is 10.1. The van der Waals surface area contributed by atoms with Crippen LogP contribution in [0.3, 0.4) is 0 Å². The minimum Gasteiger partial charge on any atom is -0.507 e. The number of benzene rings is 1. The van der Waals surface area contributed by atoms with E-state index in [0.29, 0.717) is 11.3 Å². The van der Waals surface area contributed by atoms with E-state index in [4.69, 9.17) is 10.5 Å². The first-order valence-corrected chi connectivity index (χ1v) is 5.58. The summed E-state index contributed by atoms with van der Waals surface area (Å²) in [5.41, 5.74) is 6.15. The Morgan fingerprint density at radius 2 is 1.83 bits per heavy atom. The molecule has 0 saturated carbocycles. The smallest absolute Gasteiger partial charge is 0.124 e. The molecule has 0 aromatic heterocycles. The molecule has 18 heavy (non-hydrogen) atoms. The lowest BCUT2D eigenvalue weighted by molar-refractivity contribution is 0.0394. The average Bonchev–Trinajstić information content (AvgIpc) is 2.25. The van der Waals surface area contributed by atoms with Gasteiger partial charge in [-0.05, 0) is 17.5 Å². The lowest BCUT2D eigenvalue weighted by Gasteiger charge is -2.31. The Hall–Kier alpha value is -0.970. The number of nitrogens with two attached hydrogens (primary N) is 1. The van der Waals surface area contributed by atoms with Crippen molar-refractivity contribution in [3.63, 3.8) is 0 Å². The van der Waals surface area contributed by atoms with Crippen molar-refractivity contribution in [3.8, 4) is 11.5 Å². The van der Waals surface area contributed by atoms with Gasteiger partial charge in [0.05, 0.1) is 19.3 Å². The first-order chi connectivity index (χ1) is 7.77. The van der Waals surface area contributed by atoms with Crippen LogP contribution in [0.15, 0.2) is 18.2 Å². The molecule has 4 N–H and O–H groups in total. The summed E-state index contributed by atoms with van der Waals surface area (Å²) in [6, 6.07) is 4.25. The van der Waals surface area contributed by atoms with Crippen LogP contribution < -0.4 is 10.5 Å². The predicted octanol–water partition coefficient (Wildman–Crippen LogP) is 2.23. The molecule has 0 fully saturated rings. The van der Waals surface area contributed by atoms with E-state index in [1.54, 1.807) is 12.1 Å². The standard InChI is InChI=1S/C13H21NO3.ClH/c1-13(2,3)12(16)11(14)9-6-5-8(17-4)7-10(9)15;/h5-7,11-12,15-16H,14H2,1-4H3;1H/t11-,12-;/m0./s1. The molecule has 0 saturated heterocycles. The van der Waals surface area contributed by atoms with Crippen LogP contribution in [0.1, 0.15) is 32.4 Å². The molecule has 2 atom stereocenters. The van der Waals surface area contributed by atoms with Crippen LogP contribution in [0.4, 0.5) is 0 Å². The molecule has 0 unspecified atom stereocenters. The minimum atomic E-state index is -0.734. The van der Waals surface area contributed by atoms with Crippen molar-refractivity contribution < 1.29 is 14.9 Å². The van der Waals surface area contributed by atoms with Gasteiger partial charge in [0, 0.05) is 11.6 Å². The largest absolute Gasteiger partial charge is 0.507 e. The first-order valence-electron chi connectivity index (χ1n) is 5.58. The van der Waals surface area contributed by atoms with E-state index in [1.807, 2.05) is 20.8 Å². The van der Waals surface area contributed by atoms with Gasteiger partial charge in [-0.2, -0.15) is 0 Å². The van der Waals surface area contributed by atoms with Crippen molar-refractivity contribution in [2.24, 2.45) is 11.1 Å². The Morgan fingerprint density at radius 3 is 2.22 bits per heavy atom. The van der Waals surface area contributed by atoms with Gasteiger partial charge in [-0.15, -0.1) is 12.4 Å². The first kappa shape index (κ1) is 17.0. The third-order valence-corrected chi connectivity index (χ3v) is 2.82. The number of hydrogen-bond acceptors (Lipinski definition) is 4. The number of phenols is 1. The molecule has 5 heteroatoms. The Morgan fingerprint density at radius 1 is 1.28 bits per heavy atom. The summed E-state index contributed by atoms with van der Waals surface area (Å²) < 4.78 is 4.99. The van der Waals surface area contributed by atoms with E-state index in [-0.39, 0.29) is 23.6 Å². The van der Waals surface area contributed by atoms with Gasteiger partial charge in [0.1, 0.15) is 11.5 Å². The van der Waals surface area contributed by atoms with E-state index < -0.39 is 12.1 Å². The highest BCUT2D eigenvalue weighted by Crippen LogP contribution is 2.34. The third kappa shape index (κ3) is 3.77. The van der Waals surface area contributed by atoms with E-state index in [9.17, 15) is 10.2 Å². The zero-order chi connectivity index (χ0) is 13.2. The number of hydrogen-bond donors (Lipinski definition) is 3. The summed E-state index contributed by atoms with van der Waals surface area (Å²) in [6.45, 7) is 5.70. The van der Waals surface area contributed by atoms with Gasteiger partial charge in [-0.1, -0.05) is 20.8 Å². The van der Waals surface area contributed by atoms with Crippen molar-refractivity contribution in [2.75, 3.05) is 7.11 Å². The summed E-state index contributed by atoms with van der Waals surface area (Å²) >= 11 is 0. The van der Waals surface area contributed by atoms with E-state index >= 15 is 0 Å². The molecule has 0 aliphatic carbocycles. The molecule has 0 heterocycles. The van der Waals surface area contributed by atoms with E-state index in [1.165, 1.54) is 13.2 Å². The minimum absolute atomic E-state index is 0. The highest BCUT2D eigenvalue weighted by Gasteiger charge is 2.30. The summed E-state index contributed by atoms with van der Waals surface area (Å²) in [4.78, 5) is 0. The number of rotatable bonds is 3. The number of ether oxygens (including phenoxy) is 1. The van der Waals surface area contributed by atoms with Gasteiger partial charge in [0.25, 0.3) is 0 Å². The number of halogens is 1. The molecule has 0 amide bonds. The summed E-state index contributed by atoms with van der Waals surface area (Å²) in [6.07, 6.45) is -0.734. The van der Waals surface area contributed by atoms with Crippen molar-refractivity contribution in [3.05, 3.63) is 23.8 Å². The molecule has 0 radical (unpaired) electrons. The summed E-state index contributed by atoms with van der Waals surface area (Å²) in [5, 5.41) is 19.9. The van der Waals surface area contributed by atoms with Gasteiger partial charge in [-0.3, -0.25) is 0 Å². The molecule has 1 rings (SSSR count). The molecule has 4 nitrogen and oxygen atoms in total. The Bertz CT molecular complexity index is 390. The third-order valence-electron chi connectivity index (χ3n) is 2.82. The normalized spacial score (nSPS) is 14.6. The van der Waals surface area contributed by atoms with Gasteiger partial charge in [0.15, 0.2) is 0 Å². The second-order valence-electron chi connectivity index (χ2n) is 5.26. The maximum Gasteiger partial charge on any atom is 0.124 e. The van der Waals surface area contributed by atoms with Gasteiger partial charge in [-0.25, -0.2) is 0 Å². The molecular formula is C13H22ClNO3. The van der Waals surface area contributed by atoms with Crippen molar-refractivity contribution >= 4 is 12.4 Å². The molecule has 1 aromatic rings. The molecule has 0 spiro atoms. The Balaban J connectivity index is 0.00000289. The fourth-order valence-corrected chi connectivity index (χ4v) is 1.64. The lowest BCUT2D eigenvalue weighted by atomic mass is 9.82. The SMILES string of the molecule is COc1ccc([C@H](N)[C@H](O)C(C)(C)C)c(O)c1.Cl. The van der Waals surface area contributed by atoms with E-state index in [0.717, 1.165) is 0 Å². The van der Waals surface area contributed by atoms with Crippen LogP contribution in [0.25, 0.3) is 0 Å². The number of aliphatic hydroxyl groups is 1. The van der Waals surface area contributed by atoms with Gasteiger partial charge < -0.3 is 20.7 Å². The zero-order valence-electron chi connectivity index (χ0n) is 11.2. The molecule has 1 aromatic carbocycles. The molecule has 0 bridgehead atoms. The van der Waals surface area contributed by atoms with Gasteiger partial charge >= 0.3 is 0 Å². The Kier molecular flexibility index (Phi) is 5.93. The van der Waals surface area contributed by atoms with E-state index in [2.05, 4.69) is 0 Å². The highest BCUT2D eigenvalue weighted by atomic mass is 35.5. The average molecular weight is 276 g/mol. The van der Waals surface area contributed by atoms with Crippen LogP contribution in [0.5, 0.6) is 11.5 Å². The van der Waals surface area contributed by atoms with Crippen LogP contribution in [-0.4, -0.2) is 23.4 Å². The quantitative estimate of drug-likeness (QED) is 0.791. The molecule has 0 aliphatic rings. The topological polar surface area (TPSA) is 75.7 Å².